The minimum absolute atomic E-state index is 0.0590. The van der Waals surface area contributed by atoms with Crippen molar-refractivity contribution in [2.24, 2.45) is 5.92 Å². The lowest BCUT2D eigenvalue weighted by Gasteiger charge is -2.14. The van der Waals surface area contributed by atoms with Crippen molar-refractivity contribution in [3.05, 3.63) is 35.4 Å². The molecule has 1 heteroatoms. The number of benzene rings is 1. The van der Waals surface area contributed by atoms with Crippen molar-refractivity contribution >= 4 is 0 Å². The first-order chi connectivity index (χ1) is 6.75. The van der Waals surface area contributed by atoms with Crippen LogP contribution >= 0.6 is 0 Å². The summed E-state index contributed by atoms with van der Waals surface area (Å²) in [7, 11) is 0. The smallest absolute Gasteiger partial charge is 0.0571 e. The van der Waals surface area contributed by atoms with E-state index in [4.69, 9.17) is 0 Å². The number of aliphatic hydroxyl groups is 1. The molecule has 14 heavy (non-hydrogen) atoms. The molecule has 1 fully saturated rings. The first-order valence-corrected chi connectivity index (χ1v) is 5.49. The lowest BCUT2D eigenvalue weighted by atomic mass is 9.96. The van der Waals surface area contributed by atoms with E-state index in [1.54, 1.807) is 0 Å². The summed E-state index contributed by atoms with van der Waals surface area (Å²) in [5.41, 5.74) is 2.67. The maximum atomic E-state index is 9.70. The molecule has 2 atom stereocenters. The van der Waals surface area contributed by atoms with Gasteiger partial charge in [-0.05, 0) is 37.7 Å². The largest absolute Gasteiger partial charge is 0.393 e. The Bertz CT molecular complexity index is 289. The molecule has 1 aliphatic rings. The van der Waals surface area contributed by atoms with Crippen LogP contribution in [-0.4, -0.2) is 11.2 Å². The predicted octanol–water partition coefficient (Wildman–Crippen LogP) is 2.70. The number of aryl methyl sites for hydroxylation is 1. The number of hydrogen-bond acceptors (Lipinski definition) is 1. The minimum atomic E-state index is -0.0590. The summed E-state index contributed by atoms with van der Waals surface area (Å²) in [6.45, 7) is 2.11. The van der Waals surface area contributed by atoms with Crippen molar-refractivity contribution in [3.8, 4) is 0 Å². The van der Waals surface area contributed by atoms with E-state index in [-0.39, 0.29) is 6.10 Å². The second-order valence-corrected chi connectivity index (χ2v) is 4.45. The van der Waals surface area contributed by atoms with Gasteiger partial charge in [0.05, 0.1) is 6.10 Å². The molecule has 1 N–H and O–H groups in total. The van der Waals surface area contributed by atoms with E-state index in [9.17, 15) is 5.11 Å². The number of rotatable bonds is 2. The Kier molecular flexibility index (Phi) is 2.87. The van der Waals surface area contributed by atoms with Crippen LogP contribution in [-0.2, 0) is 6.42 Å². The first kappa shape index (κ1) is 9.72. The molecule has 0 heterocycles. The maximum Gasteiger partial charge on any atom is 0.0571 e. The fourth-order valence-electron chi connectivity index (χ4n) is 2.28. The quantitative estimate of drug-likeness (QED) is 0.760. The monoisotopic (exact) mass is 190 g/mol. The first-order valence-electron chi connectivity index (χ1n) is 5.49. The zero-order chi connectivity index (χ0) is 9.97. The Morgan fingerprint density at radius 2 is 1.93 bits per heavy atom. The highest BCUT2D eigenvalue weighted by molar-refractivity contribution is 5.21. The van der Waals surface area contributed by atoms with Gasteiger partial charge in [-0.15, -0.1) is 0 Å². The van der Waals surface area contributed by atoms with E-state index < -0.39 is 0 Å². The van der Waals surface area contributed by atoms with Crippen LogP contribution in [0.25, 0.3) is 0 Å². The van der Waals surface area contributed by atoms with Crippen molar-refractivity contribution < 1.29 is 5.11 Å². The Labute approximate surface area is 85.8 Å². The summed E-state index contributed by atoms with van der Waals surface area (Å²) in [5.74, 6) is 0.498. The predicted molar refractivity (Wildman–Crippen MR) is 58.2 cm³/mol. The lowest BCUT2D eigenvalue weighted by Crippen LogP contribution is -2.15. The third kappa shape index (κ3) is 2.16. The molecule has 0 saturated heterocycles. The van der Waals surface area contributed by atoms with Crippen molar-refractivity contribution in [1.82, 2.24) is 0 Å². The molecule has 1 saturated carbocycles. The normalized spacial score (nSPS) is 26.7. The second-order valence-electron chi connectivity index (χ2n) is 4.45. The van der Waals surface area contributed by atoms with Gasteiger partial charge in [0.1, 0.15) is 0 Å². The molecule has 1 aromatic rings. The fraction of sp³-hybridized carbons (Fsp3) is 0.538. The molecule has 76 valence electrons. The Hall–Kier alpha value is -0.820. The van der Waals surface area contributed by atoms with Gasteiger partial charge in [-0.25, -0.2) is 0 Å². The van der Waals surface area contributed by atoms with Crippen LogP contribution in [0, 0.1) is 12.8 Å². The van der Waals surface area contributed by atoms with Crippen LogP contribution in [0.5, 0.6) is 0 Å². The second kappa shape index (κ2) is 4.14. The van der Waals surface area contributed by atoms with Gasteiger partial charge >= 0.3 is 0 Å². The van der Waals surface area contributed by atoms with Gasteiger partial charge in [-0.3, -0.25) is 0 Å². The average molecular weight is 190 g/mol. The van der Waals surface area contributed by atoms with Crippen molar-refractivity contribution in [3.63, 3.8) is 0 Å². The zero-order valence-electron chi connectivity index (χ0n) is 8.74. The summed E-state index contributed by atoms with van der Waals surface area (Å²) in [6.07, 6.45) is 4.36. The Morgan fingerprint density at radius 3 is 2.50 bits per heavy atom. The van der Waals surface area contributed by atoms with Crippen LogP contribution < -0.4 is 0 Å². The highest BCUT2D eigenvalue weighted by Gasteiger charge is 2.24. The van der Waals surface area contributed by atoms with Gasteiger partial charge in [0.2, 0.25) is 0 Å². The molecule has 0 bridgehead atoms. The highest BCUT2D eigenvalue weighted by Crippen LogP contribution is 2.28. The van der Waals surface area contributed by atoms with Gasteiger partial charge in [0.25, 0.3) is 0 Å². The summed E-state index contributed by atoms with van der Waals surface area (Å²) in [4.78, 5) is 0. The topological polar surface area (TPSA) is 20.2 Å². The van der Waals surface area contributed by atoms with Gasteiger partial charge < -0.3 is 5.11 Å². The summed E-state index contributed by atoms with van der Waals surface area (Å²) in [6, 6.07) is 8.66. The third-order valence-electron chi connectivity index (χ3n) is 3.24. The molecule has 1 aliphatic carbocycles. The molecule has 1 nitrogen and oxygen atoms in total. The van der Waals surface area contributed by atoms with E-state index in [1.807, 2.05) is 0 Å². The molecule has 2 rings (SSSR count). The van der Waals surface area contributed by atoms with Crippen LogP contribution in [0.3, 0.4) is 0 Å². The van der Waals surface area contributed by atoms with Gasteiger partial charge in [0.15, 0.2) is 0 Å². The van der Waals surface area contributed by atoms with Crippen LogP contribution in [0.1, 0.15) is 30.4 Å². The van der Waals surface area contributed by atoms with Crippen LogP contribution in [0.2, 0.25) is 0 Å². The molecule has 0 amide bonds. The summed E-state index contributed by atoms with van der Waals surface area (Å²) < 4.78 is 0. The molecular weight excluding hydrogens is 172 g/mol. The molecule has 0 radical (unpaired) electrons. The molecule has 2 unspecified atom stereocenters. The van der Waals surface area contributed by atoms with Crippen LogP contribution in [0.15, 0.2) is 24.3 Å². The molecule has 1 aromatic carbocycles. The lowest BCUT2D eigenvalue weighted by molar-refractivity contribution is 0.132. The molecule has 0 spiro atoms. The molecule has 0 aromatic heterocycles. The highest BCUT2D eigenvalue weighted by atomic mass is 16.3. The van der Waals surface area contributed by atoms with Gasteiger partial charge in [-0.1, -0.05) is 36.2 Å². The fourth-order valence-corrected chi connectivity index (χ4v) is 2.28. The SMILES string of the molecule is Cc1ccc(CC2CCCC2O)cc1. The summed E-state index contributed by atoms with van der Waals surface area (Å²) in [5, 5.41) is 9.70. The van der Waals surface area contributed by atoms with Crippen LogP contribution in [0.4, 0.5) is 0 Å². The van der Waals surface area contributed by atoms with E-state index in [1.165, 1.54) is 24.0 Å². The van der Waals surface area contributed by atoms with E-state index in [0.29, 0.717) is 5.92 Å². The third-order valence-corrected chi connectivity index (χ3v) is 3.24. The maximum absolute atomic E-state index is 9.70. The minimum Gasteiger partial charge on any atom is -0.393 e. The average Bonchev–Trinajstić information content (AvgIpc) is 2.56. The number of hydrogen-bond donors (Lipinski definition) is 1. The van der Waals surface area contributed by atoms with E-state index >= 15 is 0 Å². The van der Waals surface area contributed by atoms with E-state index in [2.05, 4.69) is 31.2 Å². The zero-order valence-corrected chi connectivity index (χ0v) is 8.74. The molecular formula is C13H18O. The Balaban J connectivity index is 2.00. The van der Waals surface area contributed by atoms with Gasteiger partial charge in [0, 0.05) is 0 Å². The standard InChI is InChI=1S/C13H18O/c1-10-5-7-11(8-6-10)9-12-3-2-4-13(12)14/h5-8,12-14H,2-4,9H2,1H3. The number of aliphatic hydroxyl groups excluding tert-OH is 1. The summed E-state index contributed by atoms with van der Waals surface area (Å²) >= 11 is 0. The van der Waals surface area contributed by atoms with E-state index in [0.717, 1.165) is 12.8 Å². The van der Waals surface area contributed by atoms with Crippen molar-refractivity contribution in [1.29, 1.82) is 0 Å². The van der Waals surface area contributed by atoms with Crippen molar-refractivity contribution in [2.75, 3.05) is 0 Å². The van der Waals surface area contributed by atoms with Crippen molar-refractivity contribution in [2.45, 2.75) is 38.7 Å². The molecule has 0 aliphatic heterocycles. The Morgan fingerprint density at radius 1 is 1.21 bits per heavy atom. The van der Waals surface area contributed by atoms with Gasteiger partial charge in [-0.2, -0.15) is 0 Å².